The number of nitrogens with one attached hydrogen (secondary N) is 1. The summed E-state index contributed by atoms with van der Waals surface area (Å²) in [6, 6.07) is 8.11. The lowest BCUT2D eigenvalue weighted by atomic mass is 10.1. The molecule has 0 aliphatic heterocycles. The van der Waals surface area contributed by atoms with Crippen LogP contribution in [-0.2, 0) is 9.53 Å². The van der Waals surface area contributed by atoms with E-state index in [9.17, 15) is 4.79 Å². The molecule has 0 atom stereocenters. The standard InChI is InChI=1S/C17H24N2O2S/c1-2-21-16(20)12-6-4-3-5-9-13-22-17-18-14-10-7-8-11-15(14)19-17/h7-8,10-11H,2-6,9,12-13H2,1H3,(H,18,19). The fraction of sp³-hybridized carbons (Fsp3) is 0.529. The van der Waals surface area contributed by atoms with Gasteiger partial charge in [0.1, 0.15) is 0 Å². The Morgan fingerprint density at radius 3 is 2.77 bits per heavy atom. The van der Waals surface area contributed by atoms with Gasteiger partial charge < -0.3 is 9.72 Å². The van der Waals surface area contributed by atoms with Crippen LogP contribution in [0, 0.1) is 0 Å². The number of hydrogen-bond acceptors (Lipinski definition) is 4. The van der Waals surface area contributed by atoms with Gasteiger partial charge in [-0.05, 0) is 31.9 Å². The van der Waals surface area contributed by atoms with Crippen molar-refractivity contribution in [2.24, 2.45) is 0 Å². The molecule has 0 amide bonds. The highest BCUT2D eigenvalue weighted by molar-refractivity contribution is 7.99. The third-order valence-electron chi connectivity index (χ3n) is 3.44. The number of carbonyl (C=O) groups excluding carboxylic acids is 1. The molecule has 1 N–H and O–H groups in total. The zero-order valence-corrected chi connectivity index (χ0v) is 14.0. The van der Waals surface area contributed by atoms with E-state index in [1.54, 1.807) is 11.8 Å². The van der Waals surface area contributed by atoms with Gasteiger partial charge in [0.2, 0.25) is 0 Å². The highest BCUT2D eigenvalue weighted by atomic mass is 32.2. The molecule has 2 rings (SSSR count). The third kappa shape index (κ3) is 5.72. The maximum atomic E-state index is 11.2. The lowest BCUT2D eigenvalue weighted by Crippen LogP contribution is -2.03. The van der Waals surface area contributed by atoms with Crippen LogP contribution in [0.1, 0.15) is 45.4 Å². The number of ether oxygens (including phenoxy) is 1. The lowest BCUT2D eigenvalue weighted by molar-refractivity contribution is -0.143. The van der Waals surface area contributed by atoms with Crippen LogP contribution in [0.4, 0.5) is 0 Å². The molecule has 1 aromatic carbocycles. The molecule has 0 spiro atoms. The number of benzene rings is 1. The molecule has 0 radical (unpaired) electrons. The summed E-state index contributed by atoms with van der Waals surface area (Å²) >= 11 is 1.78. The molecule has 4 nitrogen and oxygen atoms in total. The number of esters is 1. The third-order valence-corrected chi connectivity index (χ3v) is 4.40. The number of thioether (sulfide) groups is 1. The zero-order chi connectivity index (χ0) is 15.6. The smallest absolute Gasteiger partial charge is 0.305 e. The molecule has 0 aliphatic carbocycles. The molecule has 0 aliphatic rings. The Morgan fingerprint density at radius 2 is 1.95 bits per heavy atom. The maximum absolute atomic E-state index is 11.2. The average molecular weight is 320 g/mol. The Kier molecular flexibility index (Phi) is 7.30. The van der Waals surface area contributed by atoms with E-state index in [1.165, 1.54) is 19.3 Å². The molecule has 1 aromatic heterocycles. The minimum Gasteiger partial charge on any atom is -0.466 e. The zero-order valence-electron chi connectivity index (χ0n) is 13.1. The fourth-order valence-electron chi connectivity index (χ4n) is 2.30. The summed E-state index contributed by atoms with van der Waals surface area (Å²) in [6.07, 6.45) is 6.17. The van der Waals surface area contributed by atoms with Crippen LogP contribution >= 0.6 is 11.8 Å². The first-order valence-corrected chi connectivity index (χ1v) is 9.01. The first-order chi connectivity index (χ1) is 10.8. The second-order valence-electron chi connectivity index (χ2n) is 5.23. The van der Waals surface area contributed by atoms with Crippen LogP contribution in [0.15, 0.2) is 29.4 Å². The van der Waals surface area contributed by atoms with Gasteiger partial charge in [0, 0.05) is 12.2 Å². The number of unbranched alkanes of at least 4 members (excludes halogenated alkanes) is 4. The fourth-order valence-corrected chi connectivity index (χ4v) is 3.19. The molecule has 22 heavy (non-hydrogen) atoms. The van der Waals surface area contributed by atoms with E-state index in [1.807, 2.05) is 25.1 Å². The summed E-state index contributed by atoms with van der Waals surface area (Å²) in [5.74, 6) is 1.01. The Labute approximate surface area is 136 Å². The minimum atomic E-state index is -0.0667. The van der Waals surface area contributed by atoms with Crippen LogP contribution in [0.5, 0.6) is 0 Å². The van der Waals surface area contributed by atoms with Gasteiger partial charge in [-0.25, -0.2) is 4.98 Å². The van der Waals surface area contributed by atoms with Crippen molar-refractivity contribution in [3.05, 3.63) is 24.3 Å². The van der Waals surface area contributed by atoms with Crippen LogP contribution in [0.25, 0.3) is 11.0 Å². The number of carbonyl (C=O) groups is 1. The summed E-state index contributed by atoms with van der Waals surface area (Å²) in [6.45, 7) is 2.33. The summed E-state index contributed by atoms with van der Waals surface area (Å²) < 4.78 is 4.91. The molecule has 0 unspecified atom stereocenters. The van der Waals surface area contributed by atoms with Crippen LogP contribution in [-0.4, -0.2) is 28.3 Å². The van der Waals surface area contributed by atoms with Crippen molar-refractivity contribution < 1.29 is 9.53 Å². The summed E-state index contributed by atoms with van der Waals surface area (Å²) in [7, 11) is 0. The second-order valence-corrected chi connectivity index (χ2v) is 6.31. The van der Waals surface area contributed by atoms with E-state index in [2.05, 4.69) is 16.0 Å². The SMILES string of the molecule is CCOC(=O)CCCCCCCSc1nc2ccccc2[nH]1. The number of H-pyrrole nitrogens is 1. The van der Waals surface area contributed by atoms with Crippen molar-refractivity contribution in [1.29, 1.82) is 0 Å². The Bertz CT molecular complexity index is 550. The van der Waals surface area contributed by atoms with E-state index < -0.39 is 0 Å². The van der Waals surface area contributed by atoms with Gasteiger partial charge in [-0.1, -0.05) is 43.2 Å². The summed E-state index contributed by atoms with van der Waals surface area (Å²) in [5, 5.41) is 1.00. The molecule has 0 saturated heterocycles. The van der Waals surface area contributed by atoms with E-state index in [4.69, 9.17) is 4.74 Å². The maximum Gasteiger partial charge on any atom is 0.305 e. The molecular formula is C17H24N2O2S. The highest BCUT2D eigenvalue weighted by Crippen LogP contribution is 2.20. The van der Waals surface area contributed by atoms with Gasteiger partial charge in [0.15, 0.2) is 5.16 Å². The van der Waals surface area contributed by atoms with Crippen molar-refractivity contribution in [2.75, 3.05) is 12.4 Å². The summed E-state index contributed by atoms with van der Waals surface area (Å²) in [4.78, 5) is 19.1. The predicted molar refractivity (Wildman–Crippen MR) is 91.2 cm³/mol. The molecular weight excluding hydrogens is 296 g/mol. The van der Waals surface area contributed by atoms with Crippen molar-refractivity contribution in [1.82, 2.24) is 9.97 Å². The normalized spacial score (nSPS) is 11.0. The largest absolute Gasteiger partial charge is 0.466 e. The van der Waals surface area contributed by atoms with Gasteiger partial charge in [0.05, 0.1) is 17.6 Å². The molecule has 120 valence electrons. The Hall–Kier alpha value is -1.49. The Balaban J connectivity index is 1.51. The predicted octanol–water partition coefficient (Wildman–Crippen LogP) is 4.56. The number of aromatic nitrogens is 2. The number of para-hydroxylation sites is 2. The van der Waals surface area contributed by atoms with E-state index >= 15 is 0 Å². The topological polar surface area (TPSA) is 55.0 Å². The lowest BCUT2D eigenvalue weighted by Gasteiger charge is -2.02. The van der Waals surface area contributed by atoms with E-state index in [-0.39, 0.29) is 5.97 Å². The molecule has 0 fully saturated rings. The number of imidazole rings is 1. The van der Waals surface area contributed by atoms with Crippen molar-refractivity contribution in [3.63, 3.8) is 0 Å². The van der Waals surface area contributed by atoms with Gasteiger partial charge in [-0.15, -0.1) is 0 Å². The van der Waals surface area contributed by atoms with Gasteiger partial charge in [-0.2, -0.15) is 0 Å². The van der Waals surface area contributed by atoms with Crippen LogP contribution in [0.3, 0.4) is 0 Å². The Morgan fingerprint density at radius 1 is 1.18 bits per heavy atom. The first-order valence-electron chi connectivity index (χ1n) is 8.02. The van der Waals surface area contributed by atoms with E-state index in [0.29, 0.717) is 13.0 Å². The van der Waals surface area contributed by atoms with Gasteiger partial charge >= 0.3 is 5.97 Å². The number of aromatic amines is 1. The monoisotopic (exact) mass is 320 g/mol. The van der Waals surface area contributed by atoms with Gasteiger partial charge in [0.25, 0.3) is 0 Å². The molecule has 1 heterocycles. The number of hydrogen-bond donors (Lipinski definition) is 1. The van der Waals surface area contributed by atoms with Crippen molar-refractivity contribution in [3.8, 4) is 0 Å². The van der Waals surface area contributed by atoms with Crippen molar-refractivity contribution >= 4 is 28.8 Å². The molecule has 0 bridgehead atoms. The number of fused-ring (bicyclic) bond motifs is 1. The number of nitrogens with zero attached hydrogens (tertiary/aromatic N) is 1. The van der Waals surface area contributed by atoms with E-state index in [0.717, 1.165) is 34.8 Å². The number of rotatable bonds is 10. The second kappa shape index (κ2) is 9.51. The highest BCUT2D eigenvalue weighted by Gasteiger charge is 2.03. The van der Waals surface area contributed by atoms with Crippen LogP contribution < -0.4 is 0 Å². The molecule has 2 aromatic rings. The molecule has 0 saturated carbocycles. The minimum absolute atomic E-state index is 0.0667. The molecule has 5 heteroatoms. The first kappa shape index (κ1) is 16.9. The quantitative estimate of drug-likeness (QED) is 0.396. The average Bonchev–Trinajstić information content (AvgIpc) is 2.93. The van der Waals surface area contributed by atoms with Gasteiger partial charge in [-0.3, -0.25) is 4.79 Å². The summed E-state index contributed by atoms with van der Waals surface area (Å²) in [5.41, 5.74) is 2.13. The van der Waals surface area contributed by atoms with Crippen molar-refractivity contribution in [2.45, 2.75) is 50.6 Å². The van der Waals surface area contributed by atoms with Crippen LogP contribution in [0.2, 0.25) is 0 Å².